The molecule has 11 heavy (non-hydrogen) atoms. The second kappa shape index (κ2) is 3.39. The van der Waals surface area contributed by atoms with Gasteiger partial charge in [-0.05, 0) is 6.07 Å². The van der Waals surface area contributed by atoms with Gasteiger partial charge in [0.05, 0.1) is 6.20 Å². The molecule has 57 valence electrons. The van der Waals surface area contributed by atoms with Crippen LogP contribution in [0.5, 0.6) is 0 Å². The Balaban J connectivity index is 3.05. The molecular formula is C7H7N2OS. The summed E-state index contributed by atoms with van der Waals surface area (Å²) in [6, 6.07) is 1.77. The molecule has 0 N–H and O–H groups in total. The molecular weight excluding hydrogens is 160 g/mol. The third-order valence-corrected chi connectivity index (χ3v) is 1.61. The van der Waals surface area contributed by atoms with E-state index in [1.165, 1.54) is 6.20 Å². The zero-order valence-electron chi connectivity index (χ0n) is 6.07. The summed E-state index contributed by atoms with van der Waals surface area (Å²) in [5.74, 6) is 0. The van der Waals surface area contributed by atoms with Gasteiger partial charge in [0.2, 0.25) is 5.69 Å². The smallest absolute Gasteiger partial charge is 0.222 e. The van der Waals surface area contributed by atoms with Crippen LogP contribution < -0.4 is 4.85 Å². The van der Waals surface area contributed by atoms with Gasteiger partial charge in [0.15, 0.2) is 0 Å². The molecule has 1 rings (SSSR count). The second-order valence-electron chi connectivity index (χ2n) is 2.14. The van der Waals surface area contributed by atoms with E-state index in [1.807, 2.05) is 0 Å². The van der Waals surface area contributed by atoms with Gasteiger partial charge in [0.1, 0.15) is 0 Å². The summed E-state index contributed by atoms with van der Waals surface area (Å²) in [5, 5.41) is 16.9. The highest BCUT2D eigenvalue weighted by Crippen LogP contribution is 1.99. The quantitative estimate of drug-likeness (QED) is 0.364. The van der Waals surface area contributed by atoms with Crippen molar-refractivity contribution < 1.29 is 4.85 Å². The summed E-state index contributed by atoms with van der Waals surface area (Å²) in [4.78, 5) is 0.585. The van der Waals surface area contributed by atoms with Gasteiger partial charge in [-0.2, -0.15) is 0 Å². The summed E-state index contributed by atoms with van der Waals surface area (Å²) in [7, 11) is 0. The highest BCUT2D eigenvalue weighted by Gasteiger charge is 2.05. The Labute approximate surface area is 70.3 Å². The van der Waals surface area contributed by atoms with Gasteiger partial charge >= 0.3 is 0 Å². The van der Waals surface area contributed by atoms with Crippen LogP contribution in [0.15, 0.2) is 12.3 Å². The predicted octanol–water partition coefficient (Wildman–Crippen LogP) is 0.443. The van der Waals surface area contributed by atoms with Gasteiger partial charge in [-0.1, -0.05) is 17.1 Å². The van der Waals surface area contributed by atoms with Crippen molar-refractivity contribution in [2.45, 2.75) is 13.3 Å². The molecule has 1 aromatic heterocycles. The molecule has 3 nitrogen and oxygen atoms in total. The zero-order chi connectivity index (χ0) is 8.27. The van der Waals surface area contributed by atoms with E-state index in [4.69, 9.17) is 0 Å². The van der Waals surface area contributed by atoms with Crippen molar-refractivity contribution in [1.82, 2.24) is 5.10 Å². The Kier molecular flexibility index (Phi) is 2.48. The van der Waals surface area contributed by atoms with E-state index < -0.39 is 0 Å². The van der Waals surface area contributed by atoms with Crippen molar-refractivity contribution in [3.63, 3.8) is 0 Å². The third-order valence-electron chi connectivity index (χ3n) is 1.46. The Bertz CT molecular complexity index is 275. The summed E-state index contributed by atoms with van der Waals surface area (Å²) >= 11 is 4.56. The average molecular weight is 167 g/mol. The maximum absolute atomic E-state index is 10.9. The molecule has 0 aliphatic heterocycles. The van der Waals surface area contributed by atoms with Gasteiger partial charge in [-0.3, -0.25) is 0 Å². The first-order valence-corrected chi connectivity index (χ1v) is 3.56. The van der Waals surface area contributed by atoms with Crippen LogP contribution in [0.4, 0.5) is 0 Å². The van der Waals surface area contributed by atoms with Gasteiger partial charge < -0.3 is 5.21 Å². The van der Waals surface area contributed by atoms with Crippen molar-refractivity contribution in [2.24, 2.45) is 0 Å². The maximum atomic E-state index is 10.9. The molecule has 0 atom stereocenters. The van der Waals surface area contributed by atoms with Crippen LogP contribution in [0.3, 0.4) is 0 Å². The van der Waals surface area contributed by atoms with Gasteiger partial charge in [-0.25, -0.2) is 0 Å². The van der Waals surface area contributed by atoms with Gasteiger partial charge in [-0.15, -0.1) is 0 Å². The molecule has 0 saturated heterocycles. The average Bonchev–Trinajstić information content (AvgIpc) is 1.99. The zero-order valence-corrected chi connectivity index (χ0v) is 6.89. The highest BCUT2D eigenvalue weighted by molar-refractivity contribution is 7.78. The fraction of sp³-hybridized carbons (Fsp3) is 0.286. The normalized spacial score (nSPS) is 9.55. The highest BCUT2D eigenvalue weighted by atomic mass is 32.1. The lowest BCUT2D eigenvalue weighted by Crippen LogP contribution is -2.35. The third kappa shape index (κ3) is 1.71. The number of nitrogens with zero attached hydrogens (tertiary/aromatic N) is 2. The van der Waals surface area contributed by atoms with Crippen molar-refractivity contribution >= 4 is 17.6 Å². The first-order chi connectivity index (χ1) is 5.25. The SMILES string of the molecule is Cc1c(C[C]=S)ccn[n+]1[O-]. The van der Waals surface area contributed by atoms with E-state index >= 15 is 0 Å². The Hall–Kier alpha value is -1.03. The Morgan fingerprint density at radius 2 is 2.55 bits per heavy atom. The van der Waals surface area contributed by atoms with E-state index in [9.17, 15) is 5.21 Å². The van der Waals surface area contributed by atoms with Crippen LogP contribution in [0.1, 0.15) is 11.3 Å². The molecule has 1 radical (unpaired) electrons. The molecule has 4 heteroatoms. The number of thiocarbonyl (C=S) groups is 1. The molecule has 0 amide bonds. The Morgan fingerprint density at radius 1 is 1.82 bits per heavy atom. The largest absolute Gasteiger partial charge is 0.594 e. The van der Waals surface area contributed by atoms with Crippen molar-refractivity contribution in [1.29, 1.82) is 0 Å². The van der Waals surface area contributed by atoms with Crippen LogP contribution in [0.25, 0.3) is 0 Å². The minimum atomic E-state index is 0.520. The first-order valence-electron chi connectivity index (χ1n) is 3.15. The van der Waals surface area contributed by atoms with E-state index in [0.29, 0.717) is 17.0 Å². The van der Waals surface area contributed by atoms with E-state index in [-0.39, 0.29) is 0 Å². The summed E-state index contributed by atoms with van der Waals surface area (Å²) in [5.41, 5.74) is 1.47. The van der Waals surface area contributed by atoms with Crippen molar-refractivity contribution in [3.05, 3.63) is 28.7 Å². The number of rotatable bonds is 2. The summed E-state index contributed by atoms with van der Waals surface area (Å²) in [6.07, 6.45) is 1.98. The summed E-state index contributed by atoms with van der Waals surface area (Å²) in [6.45, 7) is 1.71. The molecule has 0 aliphatic rings. The van der Waals surface area contributed by atoms with Gasteiger partial charge in [0.25, 0.3) is 0 Å². The monoisotopic (exact) mass is 167 g/mol. The molecule has 0 aromatic carbocycles. The van der Waals surface area contributed by atoms with Crippen LogP contribution >= 0.6 is 12.2 Å². The number of hydrogen-bond donors (Lipinski definition) is 0. The molecule has 1 heterocycles. The number of aromatic nitrogens is 2. The Morgan fingerprint density at radius 3 is 3.18 bits per heavy atom. The van der Waals surface area contributed by atoms with E-state index in [2.05, 4.69) is 22.7 Å². The second-order valence-corrected chi connectivity index (χ2v) is 2.42. The van der Waals surface area contributed by atoms with Crippen molar-refractivity contribution in [3.8, 4) is 0 Å². The molecule has 0 spiro atoms. The van der Waals surface area contributed by atoms with E-state index in [1.54, 1.807) is 13.0 Å². The lowest BCUT2D eigenvalue weighted by Gasteiger charge is -1.99. The molecule has 0 saturated carbocycles. The topological polar surface area (TPSA) is 39.8 Å². The maximum Gasteiger partial charge on any atom is 0.222 e. The van der Waals surface area contributed by atoms with E-state index in [0.717, 1.165) is 5.56 Å². The van der Waals surface area contributed by atoms with Crippen molar-refractivity contribution in [2.75, 3.05) is 0 Å². The molecule has 0 unspecified atom stereocenters. The minimum Gasteiger partial charge on any atom is -0.594 e. The van der Waals surface area contributed by atoms with Crippen LogP contribution in [-0.4, -0.2) is 10.5 Å². The lowest BCUT2D eigenvalue weighted by molar-refractivity contribution is -0.675. The standard InChI is InChI=1S/C7H7N2OS/c1-6-7(3-5-11)2-4-8-9(6)10/h2,4H,3H2,1H3. The van der Waals surface area contributed by atoms with Gasteiger partial charge in [0, 0.05) is 29.4 Å². The van der Waals surface area contributed by atoms with Crippen LogP contribution in [0.2, 0.25) is 0 Å². The fourth-order valence-corrected chi connectivity index (χ4v) is 0.934. The fourth-order valence-electron chi connectivity index (χ4n) is 0.779. The minimum absolute atomic E-state index is 0.520. The number of hydrogen-bond acceptors (Lipinski definition) is 3. The lowest BCUT2D eigenvalue weighted by atomic mass is 10.2. The molecule has 0 bridgehead atoms. The first kappa shape index (κ1) is 8.07. The predicted molar refractivity (Wildman–Crippen MR) is 44.2 cm³/mol. The van der Waals surface area contributed by atoms with Crippen LogP contribution in [-0.2, 0) is 6.42 Å². The molecule has 0 aliphatic carbocycles. The molecule has 0 fully saturated rings. The summed E-state index contributed by atoms with van der Waals surface area (Å²) < 4.78 is 0. The molecule has 1 aromatic rings. The van der Waals surface area contributed by atoms with Crippen LogP contribution in [0, 0.1) is 12.1 Å².